The number of aromatic nitrogens is 2. The van der Waals surface area contributed by atoms with Crippen molar-refractivity contribution in [3.8, 4) is 11.5 Å². The molecular formula is C24H15N3O4. The Balaban J connectivity index is 1.91. The molecule has 7 heteroatoms. The van der Waals surface area contributed by atoms with E-state index in [1.165, 1.54) is 6.07 Å². The van der Waals surface area contributed by atoms with Crippen molar-refractivity contribution in [1.29, 1.82) is 0 Å². The lowest BCUT2D eigenvalue weighted by Crippen LogP contribution is -2.10. The second-order valence-electron chi connectivity index (χ2n) is 7.97. The van der Waals surface area contributed by atoms with Crippen LogP contribution in [0.2, 0.25) is 0 Å². The smallest absolute Gasteiger partial charge is 0.190 e. The van der Waals surface area contributed by atoms with Gasteiger partial charge in [0.15, 0.2) is 23.2 Å². The van der Waals surface area contributed by atoms with Crippen LogP contribution in [0.3, 0.4) is 0 Å². The lowest BCUT2D eigenvalue weighted by molar-refractivity contribution is 0.112. The van der Waals surface area contributed by atoms with Gasteiger partial charge in [0.05, 0.1) is 40.6 Å². The monoisotopic (exact) mass is 409 g/mol. The minimum absolute atomic E-state index is 0.0318. The molecule has 0 spiro atoms. The van der Waals surface area contributed by atoms with Crippen LogP contribution in [0.5, 0.6) is 11.5 Å². The highest BCUT2D eigenvalue weighted by Gasteiger charge is 2.27. The molecule has 1 aliphatic rings. The Kier molecular flexibility index (Phi) is 2.85. The fraction of sp³-hybridized carbons (Fsp3) is 0.125. The molecule has 150 valence electrons. The van der Waals surface area contributed by atoms with E-state index >= 15 is 0 Å². The van der Waals surface area contributed by atoms with E-state index < -0.39 is 0 Å². The van der Waals surface area contributed by atoms with Crippen LogP contribution in [-0.4, -0.2) is 27.4 Å². The van der Waals surface area contributed by atoms with Gasteiger partial charge in [-0.15, -0.1) is 0 Å². The molecule has 0 unspecified atom stereocenters. The molecule has 1 aliphatic heterocycles. The summed E-state index contributed by atoms with van der Waals surface area (Å²) in [5.41, 5.74) is 5.12. The van der Waals surface area contributed by atoms with Gasteiger partial charge in [-0.2, -0.15) is 0 Å². The molecule has 2 aromatic carbocycles. The van der Waals surface area contributed by atoms with Crippen LogP contribution in [0.15, 0.2) is 35.3 Å². The quantitative estimate of drug-likeness (QED) is 0.261. The fourth-order valence-electron chi connectivity index (χ4n) is 5.27. The number of carbonyl (C=O) groups is 1. The summed E-state index contributed by atoms with van der Waals surface area (Å²) in [6, 6.07) is 7.20. The maximum absolute atomic E-state index is 12.8. The number of carbonyl (C=O) groups excluding carboxylic acids is 1. The van der Waals surface area contributed by atoms with Crippen molar-refractivity contribution in [1.82, 2.24) is 9.38 Å². The Morgan fingerprint density at radius 1 is 1.16 bits per heavy atom. The normalized spacial score (nSPS) is 13.3. The van der Waals surface area contributed by atoms with E-state index in [1.54, 1.807) is 0 Å². The summed E-state index contributed by atoms with van der Waals surface area (Å²) >= 11 is 0. The van der Waals surface area contributed by atoms with Gasteiger partial charge < -0.3 is 19.6 Å². The highest BCUT2D eigenvalue weighted by molar-refractivity contribution is 6.26. The Labute approximate surface area is 174 Å². The lowest BCUT2D eigenvalue weighted by Gasteiger charge is -2.22. The van der Waals surface area contributed by atoms with Crippen molar-refractivity contribution in [3.05, 3.63) is 51.8 Å². The van der Waals surface area contributed by atoms with Gasteiger partial charge in [-0.05, 0) is 36.8 Å². The largest absolute Gasteiger partial charge is 0.504 e. The van der Waals surface area contributed by atoms with Crippen LogP contribution in [0.25, 0.3) is 49.0 Å². The predicted octanol–water partition coefficient (Wildman–Crippen LogP) is 4.03. The minimum atomic E-state index is -0.390. The number of benzene rings is 2. The average molecular weight is 409 g/mol. The predicted molar refractivity (Wildman–Crippen MR) is 119 cm³/mol. The zero-order valence-electron chi connectivity index (χ0n) is 16.4. The number of nitrogens with zero attached hydrogens (tertiary/aromatic N) is 2. The first-order valence-corrected chi connectivity index (χ1v) is 10.1. The third-order valence-corrected chi connectivity index (χ3v) is 6.46. The number of ether oxygens (including phenoxy) is 1. The number of phenols is 1. The van der Waals surface area contributed by atoms with Crippen LogP contribution in [0.1, 0.15) is 22.8 Å². The zero-order valence-corrected chi connectivity index (χ0v) is 16.4. The maximum Gasteiger partial charge on any atom is 0.190 e. The van der Waals surface area contributed by atoms with Crippen molar-refractivity contribution >= 4 is 61.0 Å². The van der Waals surface area contributed by atoms with Gasteiger partial charge in [0.25, 0.3) is 0 Å². The SMILES string of the molecule is CCOc1c(O)c2cc3ncc4c5c(cc6cc7c(C=O)c(=O)cc1c7c2n6c35)CN4. The molecule has 31 heavy (non-hydrogen) atoms. The summed E-state index contributed by atoms with van der Waals surface area (Å²) in [7, 11) is 0. The van der Waals surface area contributed by atoms with Gasteiger partial charge in [0.2, 0.25) is 0 Å². The van der Waals surface area contributed by atoms with E-state index in [4.69, 9.17) is 4.74 Å². The molecule has 7 rings (SSSR count). The van der Waals surface area contributed by atoms with Crippen molar-refractivity contribution in [2.45, 2.75) is 13.5 Å². The minimum Gasteiger partial charge on any atom is -0.504 e. The fourth-order valence-corrected chi connectivity index (χ4v) is 5.27. The van der Waals surface area contributed by atoms with Crippen molar-refractivity contribution < 1.29 is 14.6 Å². The molecule has 0 saturated carbocycles. The van der Waals surface area contributed by atoms with Gasteiger partial charge in [0.1, 0.15) is 0 Å². The third-order valence-electron chi connectivity index (χ3n) is 6.46. The molecule has 0 amide bonds. The summed E-state index contributed by atoms with van der Waals surface area (Å²) in [5, 5.41) is 18.0. The summed E-state index contributed by atoms with van der Waals surface area (Å²) < 4.78 is 7.86. The molecule has 0 radical (unpaired) electrons. The number of hydrogen-bond acceptors (Lipinski definition) is 6. The molecule has 0 bridgehead atoms. The van der Waals surface area contributed by atoms with Gasteiger partial charge in [-0.3, -0.25) is 14.6 Å². The third kappa shape index (κ3) is 1.79. The zero-order chi connectivity index (χ0) is 21.0. The molecule has 7 nitrogen and oxygen atoms in total. The lowest BCUT2D eigenvalue weighted by atomic mass is 9.94. The van der Waals surface area contributed by atoms with Gasteiger partial charge in [0, 0.05) is 39.0 Å². The molecule has 0 fully saturated rings. The second-order valence-corrected chi connectivity index (χ2v) is 7.97. The second kappa shape index (κ2) is 5.31. The number of nitrogens with one attached hydrogen (secondary N) is 1. The molecule has 5 heterocycles. The Bertz CT molecular complexity index is 1800. The number of hydrogen-bond donors (Lipinski definition) is 2. The van der Waals surface area contributed by atoms with Crippen molar-refractivity contribution in [3.63, 3.8) is 0 Å². The first-order valence-electron chi connectivity index (χ1n) is 10.1. The van der Waals surface area contributed by atoms with Crippen LogP contribution in [0, 0.1) is 0 Å². The highest BCUT2D eigenvalue weighted by Crippen LogP contribution is 2.48. The summed E-state index contributed by atoms with van der Waals surface area (Å²) in [6.45, 7) is 2.83. The first kappa shape index (κ1) is 16.6. The van der Waals surface area contributed by atoms with Gasteiger partial charge >= 0.3 is 0 Å². The van der Waals surface area contributed by atoms with E-state index in [2.05, 4.69) is 20.8 Å². The number of rotatable bonds is 3. The number of anilines is 1. The van der Waals surface area contributed by atoms with Crippen LogP contribution >= 0.6 is 0 Å². The molecule has 4 aromatic heterocycles. The number of pyridine rings is 4. The molecule has 6 aromatic rings. The molecule has 0 saturated heterocycles. The van der Waals surface area contributed by atoms with Gasteiger partial charge in [-0.1, -0.05) is 0 Å². The van der Waals surface area contributed by atoms with Crippen LogP contribution in [-0.2, 0) is 6.54 Å². The Morgan fingerprint density at radius 2 is 2.03 bits per heavy atom. The Morgan fingerprint density at radius 3 is 2.84 bits per heavy atom. The standard InChI is InChI=1S/C24H15N3O4/c1-2-31-24-13-6-18(29)15(9-28)12-4-11-3-10-7-25-17-8-26-16-5-14(23(24)30)21(20(12)13)27(11)22(16)19(10)17/h3-6,8-9,25,30H,2,7H2,1H3. The van der Waals surface area contributed by atoms with E-state index in [0.29, 0.717) is 35.6 Å². The van der Waals surface area contributed by atoms with E-state index in [-0.39, 0.29) is 22.5 Å². The maximum atomic E-state index is 12.8. The van der Waals surface area contributed by atoms with Crippen molar-refractivity contribution in [2.75, 3.05) is 11.9 Å². The first-order chi connectivity index (χ1) is 15.1. The number of aromatic hydroxyl groups is 1. The summed E-state index contributed by atoms with van der Waals surface area (Å²) in [4.78, 5) is 29.3. The van der Waals surface area contributed by atoms with Gasteiger partial charge in [-0.25, -0.2) is 0 Å². The molecule has 2 N–H and O–H groups in total. The molecular weight excluding hydrogens is 394 g/mol. The Hall–Kier alpha value is -4.13. The number of phenolic OH excluding ortho intramolecular Hbond substituents is 1. The summed E-state index contributed by atoms with van der Waals surface area (Å²) in [5.74, 6) is 0.218. The molecule has 0 aliphatic carbocycles. The van der Waals surface area contributed by atoms with Crippen LogP contribution < -0.4 is 15.5 Å². The van der Waals surface area contributed by atoms with E-state index in [1.807, 2.05) is 25.3 Å². The topological polar surface area (TPSA) is 92.9 Å². The highest BCUT2D eigenvalue weighted by atomic mass is 16.5. The van der Waals surface area contributed by atoms with E-state index in [9.17, 15) is 14.7 Å². The average Bonchev–Trinajstić information content (AvgIpc) is 3.19. The van der Waals surface area contributed by atoms with Crippen molar-refractivity contribution in [2.24, 2.45) is 0 Å². The van der Waals surface area contributed by atoms with E-state index in [0.717, 1.165) is 44.1 Å². The number of aldehydes is 1. The summed E-state index contributed by atoms with van der Waals surface area (Å²) in [6.07, 6.45) is 2.43. The van der Waals surface area contributed by atoms with Crippen LogP contribution in [0.4, 0.5) is 5.69 Å². The molecule has 0 atom stereocenters.